The first kappa shape index (κ1) is 20.4. The second kappa shape index (κ2) is 9.12. The molecule has 2 atom stereocenters. The zero-order valence-electron chi connectivity index (χ0n) is 15.2. The first-order chi connectivity index (χ1) is 12.3. The molecule has 7 heteroatoms. The Balaban J connectivity index is 2.05. The van der Waals surface area contributed by atoms with Gasteiger partial charge in [-0.25, -0.2) is 0 Å². The van der Waals surface area contributed by atoms with E-state index in [1.165, 1.54) is 0 Å². The van der Waals surface area contributed by atoms with Gasteiger partial charge in [-0.2, -0.15) is 0 Å². The van der Waals surface area contributed by atoms with Crippen LogP contribution in [-0.2, 0) is 11.3 Å². The van der Waals surface area contributed by atoms with Gasteiger partial charge in [-0.05, 0) is 43.3 Å². The van der Waals surface area contributed by atoms with E-state index in [-0.39, 0.29) is 11.9 Å². The van der Waals surface area contributed by atoms with Crippen LogP contribution >= 0.6 is 23.2 Å². The zero-order chi connectivity index (χ0) is 19.3. The van der Waals surface area contributed by atoms with Crippen molar-refractivity contribution in [1.29, 1.82) is 0 Å². The summed E-state index contributed by atoms with van der Waals surface area (Å²) < 4.78 is 10.6. The molecule has 0 aliphatic carbocycles. The largest absolute Gasteiger partial charge is 0.493 e. The number of hydrogen-bond donors (Lipinski definition) is 2. The summed E-state index contributed by atoms with van der Waals surface area (Å²) in [4.78, 5) is 13.6. The monoisotopic (exact) mass is 397 g/mol. The minimum absolute atomic E-state index is 0.132. The highest BCUT2D eigenvalue weighted by Gasteiger charge is 2.23. The standard InChI is InChI=1S/C19H22Cl2N2O3/c1-12(19(24)22-16-10-14(20)6-7-15(16)21)23(2)11-13-5-8-17(25-3)18(9-13)26-4/h5-10,12H,11H2,1-4H3,(H,22,24)/p+1/t12-/m1/s1. The fourth-order valence-electron chi connectivity index (χ4n) is 2.52. The van der Waals surface area contributed by atoms with Gasteiger partial charge in [0.1, 0.15) is 6.54 Å². The van der Waals surface area contributed by atoms with Gasteiger partial charge < -0.3 is 19.7 Å². The zero-order valence-corrected chi connectivity index (χ0v) is 16.7. The lowest BCUT2D eigenvalue weighted by Crippen LogP contribution is -3.12. The fourth-order valence-corrected chi connectivity index (χ4v) is 2.86. The molecule has 0 bridgehead atoms. The quantitative estimate of drug-likeness (QED) is 0.754. The molecule has 26 heavy (non-hydrogen) atoms. The lowest BCUT2D eigenvalue weighted by molar-refractivity contribution is -0.907. The van der Waals surface area contributed by atoms with Crippen molar-refractivity contribution in [3.63, 3.8) is 0 Å². The summed E-state index contributed by atoms with van der Waals surface area (Å²) in [6.07, 6.45) is 0. The van der Waals surface area contributed by atoms with Crippen LogP contribution in [0.25, 0.3) is 0 Å². The average molecular weight is 398 g/mol. The maximum Gasteiger partial charge on any atom is 0.282 e. The van der Waals surface area contributed by atoms with Crippen LogP contribution in [0.5, 0.6) is 11.5 Å². The number of amides is 1. The van der Waals surface area contributed by atoms with Gasteiger partial charge in [0.2, 0.25) is 0 Å². The number of carbonyl (C=O) groups excluding carboxylic acids is 1. The number of carbonyl (C=O) groups is 1. The van der Waals surface area contributed by atoms with Crippen LogP contribution in [0.1, 0.15) is 12.5 Å². The Labute approximate surface area is 163 Å². The van der Waals surface area contributed by atoms with Gasteiger partial charge >= 0.3 is 0 Å². The third-order valence-corrected chi connectivity index (χ3v) is 4.81. The molecule has 0 aromatic heterocycles. The topological polar surface area (TPSA) is 52.0 Å². The number of likely N-dealkylation sites (N-methyl/N-ethyl adjacent to an activating group) is 1. The molecule has 0 aliphatic rings. The van der Waals surface area contributed by atoms with E-state index in [9.17, 15) is 4.79 Å². The van der Waals surface area contributed by atoms with E-state index in [0.29, 0.717) is 33.8 Å². The predicted molar refractivity (Wildman–Crippen MR) is 105 cm³/mol. The first-order valence-corrected chi connectivity index (χ1v) is 8.90. The van der Waals surface area contributed by atoms with Gasteiger partial charge in [0.05, 0.1) is 32.0 Å². The Morgan fingerprint density at radius 1 is 1.12 bits per heavy atom. The molecule has 0 aliphatic heterocycles. The summed E-state index contributed by atoms with van der Waals surface area (Å²) in [5.74, 6) is 1.21. The number of nitrogens with one attached hydrogen (secondary N) is 2. The number of quaternary nitrogens is 1. The Kier molecular flexibility index (Phi) is 7.14. The third kappa shape index (κ3) is 5.04. The number of anilines is 1. The molecule has 5 nitrogen and oxygen atoms in total. The number of methoxy groups -OCH3 is 2. The highest BCUT2D eigenvalue weighted by molar-refractivity contribution is 6.35. The minimum Gasteiger partial charge on any atom is -0.493 e. The van der Waals surface area contributed by atoms with Crippen molar-refractivity contribution in [2.24, 2.45) is 0 Å². The summed E-state index contributed by atoms with van der Waals surface area (Å²) in [7, 11) is 5.16. The maximum atomic E-state index is 12.6. The van der Waals surface area contributed by atoms with Crippen LogP contribution in [0, 0.1) is 0 Å². The molecule has 0 radical (unpaired) electrons. The first-order valence-electron chi connectivity index (χ1n) is 8.14. The van der Waals surface area contributed by atoms with E-state index in [4.69, 9.17) is 32.7 Å². The second-order valence-corrected chi connectivity index (χ2v) is 6.89. The van der Waals surface area contributed by atoms with Gasteiger partial charge in [0.25, 0.3) is 5.91 Å². The van der Waals surface area contributed by atoms with Crippen molar-refractivity contribution in [2.45, 2.75) is 19.5 Å². The molecule has 0 fully saturated rings. The van der Waals surface area contributed by atoms with Gasteiger partial charge in [-0.15, -0.1) is 0 Å². The SMILES string of the molecule is COc1ccc(C[NH+](C)[C@H](C)C(=O)Nc2cc(Cl)ccc2Cl)cc1OC. The summed E-state index contributed by atoms with van der Waals surface area (Å²) in [5.41, 5.74) is 1.55. The molecule has 0 spiro atoms. The molecule has 2 aromatic carbocycles. The van der Waals surface area contributed by atoms with Crippen molar-refractivity contribution in [3.8, 4) is 11.5 Å². The third-order valence-electron chi connectivity index (χ3n) is 4.25. The molecular formula is C19H23Cl2N2O3+. The van der Waals surface area contributed by atoms with Crippen LogP contribution in [0.4, 0.5) is 5.69 Å². The Hall–Kier alpha value is -1.95. The van der Waals surface area contributed by atoms with Crippen molar-refractivity contribution < 1.29 is 19.2 Å². The van der Waals surface area contributed by atoms with Crippen LogP contribution in [0.2, 0.25) is 10.0 Å². The summed E-state index contributed by atoms with van der Waals surface area (Å²) in [6.45, 7) is 2.52. The van der Waals surface area contributed by atoms with Crippen LogP contribution < -0.4 is 19.7 Å². The molecule has 2 N–H and O–H groups in total. The molecule has 2 rings (SSSR count). The van der Waals surface area contributed by atoms with E-state index in [2.05, 4.69) is 5.32 Å². The Morgan fingerprint density at radius 3 is 2.46 bits per heavy atom. The van der Waals surface area contributed by atoms with Gasteiger partial charge in [0.15, 0.2) is 17.5 Å². The molecule has 1 amide bonds. The van der Waals surface area contributed by atoms with E-state index < -0.39 is 0 Å². The highest BCUT2D eigenvalue weighted by Crippen LogP contribution is 2.27. The maximum absolute atomic E-state index is 12.6. The predicted octanol–water partition coefficient (Wildman–Crippen LogP) is 3.05. The van der Waals surface area contributed by atoms with E-state index in [1.54, 1.807) is 32.4 Å². The van der Waals surface area contributed by atoms with Gasteiger partial charge in [0, 0.05) is 10.6 Å². The van der Waals surface area contributed by atoms with Crippen molar-refractivity contribution in [3.05, 3.63) is 52.0 Å². The smallest absolute Gasteiger partial charge is 0.282 e. The molecule has 0 saturated carbocycles. The lowest BCUT2D eigenvalue weighted by atomic mass is 10.1. The lowest BCUT2D eigenvalue weighted by Gasteiger charge is -2.22. The molecule has 1 unspecified atom stereocenters. The average Bonchev–Trinajstić information content (AvgIpc) is 2.63. The summed E-state index contributed by atoms with van der Waals surface area (Å²) in [5, 5.41) is 3.81. The molecular weight excluding hydrogens is 375 g/mol. The molecule has 2 aromatic rings. The number of halogens is 2. The van der Waals surface area contributed by atoms with Crippen molar-refractivity contribution >= 4 is 34.8 Å². The van der Waals surface area contributed by atoms with Crippen LogP contribution in [-0.4, -0.2) is 33.2 Å². The Morgan fingerprint density at radius 2 is 1.81 bits per heavy atom. The normalized spacial score (nSPS) is 13.0. The van der Waals surface area contributed by atoms with Gasteiger partial charge in [-0.3, -0.25) is 4.79 Å². The molecule has 140 valence electrons. The Bertz CT molecular complexity index is 783. The number of benzene rings is 2. The minimum atomic E-state index is -0.293. The van der Waals surface area contributed by atoms with E-state index in [1.807, 2.05) is 32.2 Å². The fraction of sp³-hybridized carbons (Fsp3) is 0.316. The van der Waals surface area contributed by atoms with E-state index >= 15 is 0 Å². The highest BCUT2D eigenvalue weighted by atomic mass is 35.5. The number of rotatable bonds is 7. The molecule has 0 heterocycles. The van der Waals surface area contributed by atoms with Gasteiger partial charge in [-0.1, -0.05) is 23.2 Å². The van der Waals surface area contributed by atoms with Crippen molar-refractivity contribution in [2.75, 3.05) is 26.6 Å². The van der Waals surface area contributed by atoms with Crippen molar-refractivity contribution in [1.82, 2.24) is 0 Å². The summed E-state index contributed by atoms with van der Waals surface area (Å²) >= 11 is 12.1. The van der Waals surface area contributed by atoms with E-state index in [0.717, 1.165) is 10.5 Å². The molecule has 0 saturated heterocycles. The summed E-state index contributed by atoms with van der Waals surface area (Å²) in [6, 6.07) is 10.4. The second-order valence-electron chi connectivity index (χ2n) is 6.05. The number of ether oxygens (including phenoxy) is 2. The van der Waals surface area contributed by atoms with Crippen LogP contribution in [0.15, 0.2) is 36.4 Å². The van der Waals surface area contributed by atoms with Crippen LogP contribution in [0.3, 0.4) is 0 Å². The number of hydrogen-bond acceptors (Lipinski definition) is 3.